The van der Waals surface area contributed by atoms with Gasteiger partial charge in [-0.05, 0) is 23.8 Å². The highest BCUT2D eigenvalue weighted by Gasteiger charge is 2.61. The molecule has 3 unspecified atom stereocenters. The molecule has 0 spiro atoms. The van der Waals surface area contributed by atoms with Gasteiger partial charge in [0, 0.05) is 17.6 Å². The topological polar surface area (TPSA) is 21.3 Å². The Bertz CT molecular complexity index is 645. The van der Waals surface area contributed by atoms with Crippen LogP contribution in [-0.4, -0.2) is 31.0 Å². The summed E-state index contributed by atoms with van der Waals surface area (Å²) >= 11 is 3.29. The summed E-state index contributed by atoms with van der Waals surface area (Å²) in [6.45, 7) is 1.09. The summed E-state index contributed by atoms with van der Waals surface area (Å²) in [5, 5.41) is 3.00. The van der Waals surface area contributed by atoms with Gasteiger partial charge in [0.2, 0.25) is 5.67 Å². The van der Waals surface area contributed by atoms with Gasteiger partial charge in [-0.15, -0.1) is 12.4 Å². The molecule has 1 aromatic carbocycles. The molecular weight excluding hydrogens is 426 g/mol. The Kier molecular flexibility index (Phi) is 6.35. The number of allylic oxidation sites excluding steroid dienone is 3. The molecule has 2 nitrogen and oxygen atoms in total. The molecule has 1 aliphatic heterocycles. The monoisotopic (exact) mass is 441 g/mol. The molecule has 0 aromatic heterocycles. The van der Waals surface area contributed by atoms with E-state index in [9.17, 15) is 17.6 Å². The molecule has 0 amide bonds. The van der Waals surface area contributed by atoms with Gasteiger partial charge in [-0.3, -0.25) is 0 Å². The minimum absolute atomic E-state index is 0. The largest absolute Gasteiger partial charge is 0.426 e. The molecule has 138 valence electrons. The summed E-state index contributed by atoms with van der Waals surface area (Å²) in [4.78, 5) is 0. The van der Waals surface area contributed by atoms with Crippen molar-refractivity contribution in [2.24, 2.45) is 5.92 Å². The quantitative estimate of drug-likeness (QED) is 0.669. The van der Waals surface area contributed by atoms with Gasteiger partial charge in [0.05, 0.1) is 18.1 Å². The van der Waals surface area contributed by atoms with E-state index in [0.717, 1.165) is 10.5 Å². The lowest BCUT2D eigenvalue weighted by Crippen LogP contribution is -2.53. The summed E-state index contributed by atoms with van der Waals surface area (Å²) < 4.78 is 61.8. The van der Waals surface area contributed by atoms with E-state index in [2.05, 4.69) is 21.2 Å². The predicted octanol–water partition coefficient (Wildman–Crippen LogP) is 4.91. The van der Waals surface area contributed by atoms with Crippen molar-refractivity contribution in [3.8, 4) is 0 Å². The first-order chi connectivity index (χ1) is 11.3. The number of halogens is 6. The molecule has 1 aliphatic carbocycles. The van der Waals surface area contributed by atoms with Crippen molar-refractivity contribution in [1.29, 1.82) is 0 Å². The highest BCUT2D eigenvalue weighted by molar-refractivity contribution is 9.10. The number of ether oxygens (including phenoxy) is 1. The number of hydrogen-bond donors (Lipinski definition) is 1. The van der Waals surface area contributed by atoms with Crippen molar-refractivity contribution in [2.75, 3.05) is 13.1 Å². The van der Waals surface area contributed by atoms with Gasteiger partial charge in [-0.25, -0.2) is 4.39 Å². The van der Waals surface area contributed by atoms with Crippen LogP contribution in [0, 0.1) is 5.92 Å². The zero-order valence-corrected chi connectivity index (χ0v) is 15.4. The first kappa shape index (κ1) is 20.4. The Morgan fingerprint density at radius 3 is 2.32 bits per heavy atom. The molecule has 1 fully saturated rings. The maximum atomic E-state index is 15.0. The lowest BCUT2D eigenvalue weighted by molar-refractivity contribution is -0.239. The molecule has 3 rings (SSSR count). The van der Waals surface area contributed by atoms with Crippen molar-refractivity contribution < 1.29 is 22.3 Å². The smallest absolute Gasteiger partial charge is 0.367 e. The first-order valence-electron chi connectivity index (χ1n) is 7.54. The van der Waals surface area contributed by atoms with Crippen LogP contribution in [0.1, 0.15) is 11.7 Å². The van der Waals surface area contributed by atoms with Gasteiger partial charge in [0.25, 0.3) is 0 Å². The fourth-order valence-electron chi connectivity index (χ4n) is 2.82. The fourth-order valence-corrected chi connectivity index (χ4v) is 3.09. The molecule has 1 heterocycles. The van der Waals surface area contributed by atoms with E-state index in [1.54, 1.807) is 24.3 Å². The molecule has 25 heavy (non-hydrogen) atoms. The minimum Gasteiger partial charge on any atom is -0.367 e. The van der Waals surface area contributed by atoms with Gasteiger partial charge in [0.1, 0.15) is 0 Å². The van der Waals surface area contributed by atoms with E-state index < -0.39 is 23.9 Å². The van der Waals surface area contributed by atoms with Crippen LogP contribution >= 0.6 is 28.3 Å². The van der Waals surface area contributed by atoms with E-state index in [4.69, 9.17) is 4.74 Å². The molecule has 1 N–H and O–H groups in total. The SMILES string of the molecule is Cl.FC(F)(F)C1(F)C=CC=CC1C(OC1CNC1)c1ccc(Br)cc1. The zero-order chi connectivity index (χ0) is 17.4. The Labute approximate surface area is 157 Å². The van der Waals surface area contributed by atoms with E-state index in [0.29, 0.717) is 24.7 Å². The van der Waals surface area contributed by atoms with Crippen molar-refractivity contribution in [2.45, 2.75) is 24.1 Å². The first-order valence-corrected chi connectivity index (χ1v) is 8.34. The van der Waals surface area contributed by atoms with Crippen molar-refractivity contribution in [3.63, 3.8) is 0 Å². The van der Waals surface area contributed by atoms with Gasteiger partial charge in [-0.2, -0.15) is 13.2 Å². The summed E-state index contributed by atoms with van der Waals surface area (Å²) in [5.41, 5.74) is -2.95. The lowest BCUT2D eigenvalue weighted by atomic mass is 9.78. The molecule has 0 saturated carbocycles. The van der Waals surface area contributed by atoms with Gasteiger partial charge < -0.3 is 10.1 Å². The average molecular weight is 443 g/mol. The maximum absolute atomic E-state index is 15.0. The van der Waals surface area contributed by atoms with Crippen molar-refractivity contribution in [3.05, 3.63) is 58.6 Å². The second-order valence-corrected chi connectivity index (χ2v) is 6.84. The van der Waals surface area contributed by atoms with Crippen LogP contribution in [0.25, 0.3) is 0 Å². The zero-order valence-electron chi connectivity index (χ0n) is 13.0. The van der Waals surface area contributed by atoms with Crippen LogP contribution in [0.3, 0.4) is 0 Å². The van der Waals surface area contributed by atoms with Crippen molar-refractivity contribution >= 4 is 28.3 Å². The predicted molar refractivity (Wildman–Crippen MR) is 93.5 cm³/mol. The van der Waals surface area contributed by atoms with E-state index in [1.807, 2.05) is 0 Å². The number of alkyl halides is 4. The van der Waals surface area contributed by atoms with Gasteiger partial charge in [-0.1, -0.05) is 46.3 Å². The fraction of sp³-hybridized carbons (Fsp3) is 0.412. The Hall–Kier alpha value is -0.890. The number of nitrogens with one attached hydrogen (secondary N) is 1. The Morgan fingerprint density at radius 1 is 1.16 bits per heavy atom. The summed E-state index contributed by atoms with van der Waals surface area (Å²) in [7, 11) is 0. The summed E-state index contributed by atoms with van der Waals surface area (Å²) in [6.07, 6.45) is -1.93. The molecular formula is C17H17BrClF4NO. The van der Waals surface area contributed by atoms with Crippen LogP contribution < -0.4 is 5.32 Å². The van der Waals surface area contributed by atoms with Gasteiger partial charge >= 0.3 is 6.18 Å². The standard InChI is InChI=1S/C17H16BrF4NO.ClH/c18-12-6-4-11(5-7-12)15(24-13-9-23-10-13)14-3-1-2-8-16(14,19)17(20,21)22;/h1-8,13-15,23H,9-10H2;1H. The van der Waals surface area contributed by atoms with Crippen LogP contribution in [-0.2, 0) is 4.74 Å². The van der Waals surface area contributed by atoms with E-state index >= 15 is 0 Å². The van der Waals surface area contributed by atoms with Crippen LogP contribution in [0.2, 0.25) is 0 Å². The van der Waals surface area contributed by atoms with Crippen LogP contribution in [0.15, 0.2) is 53.0 Å². The molecule has 0 bridgehead atoms. The Morgan fingerprint density at radius 2 is 1.80 bits per heavy atom. The third-order valence-corrected chi connectivity index (χ3v) is 4.82. The highest BCUT2D eigenvalue weighted by atomic mass is 79.9. The Balaban J connectivity index is 0.00000225. The maximum Gasteiger partial charge on any atom is 0.426 e. The molecule has 8 heteroatoms. The normalized spacial score (nSPS) is 27.5. The molecule has 3 atom stereocenters. The lowest BCUT2D eigenvalue weighted by Gasteiger charge is -2.40. The van der Waals surface area contributed by atoms with Crippen molar-refractivity contribution in [1.82, 2.24) is 5.32 Å². The summed E-state index contributed by atoms with van der Waals surface area (Å²) in [5.74, 6) is -1.48. The van der Waals surface area contributed by atoms with E-state index in [1.165, 1.54) is 12.2 Å². The summed E-state index contributed by atoms with van der Waals surface area (Å²) in [6, 6.07) is 6.73. The number of rotatable bonds is 4. The highest BCUT2D eigenvalue weighted by Crippen LogP contribution is 2.49. The molecule has 0 radical (unpaired) electrons. The minimum atomic E-state index is -5.02. The van der Waals surface area contributed by atoms with Crippen LogP contribution in [0.5, 0.6) is 0 Å². The number of benzene rings is 1. The molecule has 1 aromatic rings. The van der Waals surface area contributed by atoms with E-state index in [-0.39, 0.29) is 18.5 Å². The number of hydrogen-bond acceptors (Lipinski definition) is 2. The third-order valence-electron chi connectivity index (χ3n) is 4.30. The average Bonchev–Trinajstić information content (AvgIpc) is 2.48. The second kappa shape index (κ2) is 7.78. The third kappa shape index (κ3) is 4.10. The van der Waals surface area contributed by atoms with Crippen LogP contribution in [0.4, 0.5) is 17.6 Å². The molecule has 2 aliphatic rings. The second-order valence-electron chi connectivity index (χ2n) is 5.92. The molecule has 1 saturated heterocycles. The van der Waals surface area contributed by atoms with Gasteiger partial charge in [0.15, 0.2) is 0 Å².